The van der Waals surface area contributed by atoms with E-state index >= 15 is 0 Å². The van der Waals surface area contributed by atoms with Crippen LogP contribution in [0, 0.1) is 0 Å². The molecule has 0 radical (unpaired) electrons. The van der Waals surface area contributed by atoms with Crippen LogP contribution in [0.4, 0.5) is 17.1 Å². The number of rotatable bonds is 4. The number of anilines is 3. The van der Waals surface area contributed by atoms with E-state index in [4.69, 9.17) is 14.4 Å². The summed E-state index contributed by atoms with van der Waals surface area (Å²) in [6.07, 6.45) is 0. The molecule has 4 heterocycles. The van der Waals surface area contributed by atoms with Crippen LogP contribution >= 0.6 is 0 Å². The molecule has 12 aromatic rings. The van der Waals surface area contributed by atoms with E-state index in [0.29, 0.717) is 11.4 Å². The van der Waals surface area contributed by atoms with Crippen molar-refractivity contribution in [2.24, 2.45) is 0 Å². The highest BCUT2D eigenvalue weighted by Gasteiger charge is 2.27. The fraction of sp³-hybridized carbons (Fsp3) is 0. The van der Waals surface area contributed by atoms with Gasteiger partial charge in [0.2, 0.25) is 0 Å². The summed E-state index contributed by atoms with van der Waals surface area (Å²) in [6, 6.07) is 69.1. The number of hydrogen-bond donors (Lipinski definition) is 0. The Balaban J connectivity index is 0.989. The van der Waals surface area contributed by atoms with E-state index in [0.717, 1.165) is 66.8 Å². The van der Waals surface area contributed by atoms with Crippen LogP contribution in [0.5, 0.6) is 0 Å². The maximum atomic E-state index is 6.58. The van der Waals surface area contributed by atoms with Crippen LogP contribution in [-0.4, -0.2) is 14.5 Å². The van der Waals surface area contributed by atoms with Gasteiger partial charge in [-0.15, -0.1) is 0 Å². The third kappa shape index (κ3) is 4.73. The fourth-order valence-electron chi connectivity index (χ4n) is 9.42. The summed E-state index contributed by atoms with van der Waals surface area (Å²) < 4.78 is 8.92. The van der Waals surface area contributed by atoms with Crippen LogP contribution < -0.4 is 4.90 Å². The van der Waals surface area contributed by atoms with Crippen molar-refractivity contribution in [1.29, 1.82) is 0 Å². The number of nitrogens with zero attached hydrogens (tertiary/aromatic N) is 4. The minimum atomic E-state index is 0.648. The van der Waals surface area contributed by atoms with Crippen LogP contribution in [0.2, 0.25) is 0 Å². The molecule has 0 aliphatic carbocycles. The molecule has 5 heteroatoms. The number of para-hydroxylation sites is 3. The predicted octanol–water partition coefficient (Wildman–Crippen LogP) is 14.6. The highest BCUT2D eigenvalue weighted by molar-refractivity contribution is 6.16. The molecule has 0 atom stereocenters. The Hall–Kier alpha value is -8.02. The first kappa shape index (κ1) is 32.1. The van der Waals surface area contributed by atoms with Crippen molar-refractivity contribution in [2.75, 3.05) is 4.90 Å². The summed E-state index contributed by atoms with van der Waals surface area (Å²) in [6.45, 7) is 0. The minimum Gasteiger partial charge on any atom is -0.452 e. The van der Waals surface area contributed by atoms with Gasteiger partial charge in [0.15, 0.2) is 11.4 Å². The highest BCUT2D eigenvalue weighted by atomic mass is 16.3. The fourth-order valence-corrected chi connectivity index (χ4v) is 9.42. The van der Waals surface area contributed by atoms with E-state index in [2.05, 4.69) is 185 Å². The highest BCUT2D eigenvalue weighted by Crippen LogP contribution is 2.52. The minimum absolute atomic E-state index is 0.648. The Morgan fingerprint density at radius 2 is 1.12 bits per heavy atom. The van der Waals surface area contributed by atoms with E-state index in [1.807, 2.05) is 18.2 Å². The molecule has 9 aromatic carbocycles. The van der Waals surface area contributed by atoms with Crippen LogP contribution in [-0.2, 0) is 0 Å². The first-order chi connectivity index (χ1) is 29.2. The molecule has 0 N–H and O–H groups in total. The Labute approximate surface area is 338 Å². The third-order valence-electron chi connectivity index (χ3n) is 12.1. The van der Waals surface area contributed by atoms with Gasteiger partial charge < -0.3 is 13.9 Å². The maximum absolute atomic E-state index is 6.58. The Morgan fingerprint density at radius 1 is 0.424 bits per heavy atom. The molecule has 13 rings (SSSR count). The van der Waals surface area contributed by atoms with Gasteiger partial charge in [-0.25, -0.2) is 9.97 Å². The van der Waals surface area contributed by atoms with Gasteiger partial charge in [-0.2, -0.15) is 0 Å². The van der Waals surface area contributed by atoms with Crippen LogP contribution in [0.1, 0.15) is 0 Å². The summed E-state index contributed by atoms with van der Waals surface area (Å²) in [4.78, 5) is 13.0. The lowest BCUT2D eigenvalue weighted by atomic mass is 9.89. The molecule has 0 saturated carbocycles. The summed E-state index contributed by atoms with van der Waals surface area (Å²) >= 11 is 0. The van der Waals surface area contributed by atoms with Gasteiger partial charge in [-0.1, -0.05) is 109 Å². The first-order valence-electron chi connectivity index (χ1n) is 20.0. The van der Waals surface area contributed by atoms with Crippen molar-refractivity contribution in [2.45, 2.75) is 0 Å². The predicted molar refractivity (Wildman–Crippen MR) is 243 cm³/mol. The van der Waals surface area contributed by atoms with Crippen LogP contribution in [0.15, 0.2) is 199 Å². The number of fused-ring (bicyclic) bond motifs is 9. The molecule has 1 aliphatic heterocycles. The Bertz CT molecular complexity index is 3670. The van der Waals surface area contributed by atoms with Gasteiger partial charge in [0.1, 0.15) is 16.8 Å². The van der Waals surface area contributed by atoms with E-state index in [9.17, 15) is 0 Å². The van der Waals surface area contributed by atoms with Gasteiger partial charge in [-0.05, 0) is 107 Å². The van der Waals surface area contributed by atoms with Crippen molar-refractivity contribution < 1.29 is 4.42 Å². The lowest BCUT2D eigenvalue weighted by Crippen LogP contribution is -2.15. The Kier molecular flexibility index (Phi) is 6.66. The van der Waals surface area contributed by atoms with E-state index in [1.165, 1.54) is 43.7 Å². The summed E-state index contributed by atoms with van der Waals surface area (Å²) in [5.74, 6) is 0.648. The van der Waals surface area contributed by atoms with Crippen molar-refractivity contribution >= 4 is 82.5 Å². The van der Waals surface area contributed by atoms with Crippen molar-refractivity contribution in [3.05, 3.63) is 194 Å². The monoisotopic (exact) mass is 752 g/mol. The maximum Gasteiger partial charge on any atom is 0.180 e. The van der Waals surface area contributed by atoms with Crippen molar-refractivity contribution in [3.63, 3.8) is 0 Å². The van der Waals surface area contributed by atoms with E-state index in [1.54, 1.807) is 0 Å². The lowest BCUT2D eigenvalue weighted by Gasteiger charge is -2.34. The molecule has 0 unspecified atom stereocenters. The second-order valence-corrected chi connectivity index (χ2v) is 15.4. The number of benzene rings is 9. The van der Waals surface area contributed by atoms with Gasteiger partial charge in [0.25, 0.3) is 0 Å². The Morgan fingerprint density at radius 3 is 1.98 bits per heavy atom. The zero-order valence-electron chi connectivity index (χ0n) is 31.7. The summed E-state index contributed by atoms with van der Waals surface area (Å²) in [7, 11) is 0. The molecule has 3 aromatic heterocycles. The second kappa shape index (κ2) is 12.2. The summed E-state index contributed by atoms with van der Waals surface area (Å²) in [5, 5.41) is 8.24. The van der Waals surface area contributed by atoms with Gasteiger partial charge >= 0.3 is 0 Å². The lowest BCUT2D eigenvalue weighted by molar-refractivity contribution is 0.667. The largest absolute Gasteiger partial charge is 0.452 e. The summed E-state index contributed by atoms with van der Waals surface area (Å²) in [5.41, 5.74) is 14.3. The van der Waals surface area contributed by atoms with Gasteiger partial charge in [0.05, 0.1) is 22.4 Å². The van der Waals surface area contributed by atoms with Crippen molar-refractivity contribution in [3.8, 4) is 39.5 Å². The molecule has 5 nitrogen and oxygen atoms in total. The zero-order valence-corrected chi connectivity index (χ0v) is 31.7. The SMILES string of the molecule is c1ccc(-n2c3ccccc3c3cc(-c4nc(-c5ccc(N6c7cc8ccccc8cc7-c7cccc8cccc6c78)cc5)nc5c4oc4ccccc45)ccc32)cc1. The molecular formula is C54H32N4O. The molecule has 0 spiro atoms. The molecule has 0 saturated heterocycles. The molecule has 0 fully saturated rings. The molecule has 0 amide bonds. The number of hydrogen-bond acceptors (Lipinski definition) is 4. The normalized spacial score (nSPS) is 12.4. The quantitative estimate of drug-likeness (QED) is 0.180. The third-order valence-corrected chi connectivity index (χ3v) is 12.1. The van der Waals surface area contributed by atoms with Gasteiger partial charge in [0, 0.05) is 49.6 Å². The van der Waals surface area contributed by atoms with Gasteiger partial charge in [-0.3, -0.25) is 0 Å². The topological polar surface area (TPSA) is 47.1 Å². The van der Waals surface area contributed by atoms with E-state index < -0.39 is 0 Å². The molecular weight excluding hydrogens is 721 g/mol. The molecule has 274 valence electrons. The second-order valence-electron chi connectivity index (χ2n) is 15.4. The van der Waals surface area contributed by atoms with Crippen molar-refractivity contribution in [1.82, 2.24) is 14.5 Å². The molecule has 59 heavy (non-hydrogen) atoms. The molecule has 1 aliphatic rings. The number of furan rings is 1. The van der Waals surface area contributed by atoms with Crippen LogP contribution in [0.25, 0.3) is 105 Å². The van der Waals surface area contributed by atoms with E-state index in [-0.39, 0.29) is 0 Å². The first-order valence-corrected chi connectivity index (χ1v) is 20.0. The zero-order chi connectivity index (χ0) is 38.6. The standard InChI is InChI=1S/C54H32N4O/c1-2-16-38(17-3-1)57-45-21-8-6-18-40(45)43-31-37(26-29-46(43)57)51-53-52(42-19-7-9-23-49(42)59-53)56-54(55-51)34-24-27-39(28-25-34)58-47-22-11-15-33-14-10-20-41(50(33)47)44-30-35-12-4-5-13-36(35)32-48(44)58/h1-32H. The average molecular weight is 753 g/mol. The average Bonchev–Trinajstić information content (AvgIpc) is 3.84. The number of aromatic nitrogens is 3. The van der Waals surface area contributed by atoms with Crippen LogP contribution in [0.3, 0.4) is 0 Å². The smallest absolute Gasteiger partial charge is 0.180 e. The molecule has 0 bridgehead atoms.